The molecule has 0 aliphatic heterocycles. The molecule has 110 valence electrons. The van der Waals surface area contributed by atoms with Gasteiger partial charge in [0.1, 0.15) is 0 Å². The summed E-state index contributed by atoms with van der Waals surface area (Å²) < 4.78 is 0. The molecule has 0 heterocycles. The normalized spacial score (nSPS) is 10.0. The first-order valence-electron chi connectivity index (χ1n) is 6.57. The number of benzene rings is 1. The summed E-state index contributed by atoms with van der Waals surface area (Å²) >= 11 is 11.4. The summed E-state index contributed by atoms with van der Waals surface area (Å²) in [5.41, 5.74) is 1.79. The Balaban J connectivity index is 2.72. The topological polar surface area (TPSA) is 44.4 Å². The van der Waals surface area contributed by atoms with Crippen LogP contribution in [0.15, 0.2) is 18.2 Å². The monoisotopic (exact) mass is 313 g/mol. The predicted octanol–water partition coefficient (Wildman–Crippen LogP) is 2.80. The molecule has 20 heavy (non-hydrogen) atoms. The average Bonchev–Trinajstić information content (AvgIpc) is 2.41. The van der Waals surface area contributed by atoms with E-state index in [1.807, 2.05) is 39.0 Å². The molecule has 0 atom stereocenters. The van der Waals surface area contributed by atoms with Crippen molar-refractivity contribution in [2.45, 2.75) is 20.8 Å². The molecule has 0 bridgehead atoms. The van der Waals surface area contributed by atoms with Crippen molar-refractivity contribution in [3.63, 3.8) is 0 Å². The molecule has 0 aliphatic rings. The maximum Gasteiger partial charge on any atom is 0.239 e. The third-order valence-corrected chi connectivity index (χ3v) is 3.66. The number of amides is 1. The molecule has 0 aliphatic carbocycles. The number of likely N-dealkylation sites (N-methyl/N-ethyl adjacent to an activating group) is 2. The zero-order valence-corrected chi connectivity index (χ0v) is 13.6. The van der Waals surface area contributed by atoms with Gasteiger partial charge in [-0.15, -0.1) is 0 Å². The van der Waals surface area contributed by atoms with Crippen LogP contribution >= 0.6 is 23.8 Å². The number of rotatable bonds is 5. The number of anilines is 1. The number of hydrogen-bond acceptors (Lipinski definition) is 2. The lowest BCUT2D eigenvalue weighted by atomic mass is 10.2. The van der Waals surface area contributed by atoms with Crippen LogP contribution in [-0.4, -0.2) is 35.6 Å². The molecule has 0 saturated heterocycles. The van der Waals surface area contributed by atoms with E-state index < -0.39 is 0 Å². The molecule has 1 aromatic carbocycles. The van der Waals surface area contributed by atoms with E-state index in [9.17, 15) is 4.79 Å². The minimum Gasteiger partial charge on any atom is -0.355 e. The van der Waals surface area contributed by atoms with Gasteiger partial charge in [0.25, 0.3) is 0 Å². The Morgan fingerprint density at radius 2 is 2.10 bits per heavy atom. The second kappa shape index (κ2) is 8.07. The molecule has 1 rings (SSSR count). The standard InChI is InChI=1S/C14H20ClN3OS/c1-4-16-13(19)9-18(5-2)14(20)17-12-8-6-7-11(15)10(12)3/h6-8H,4-5,9H2,1-3H3,(H,16,19)(H,17,20). The van der Waals surface area contributed by atoms with Crippen LogP contribution < -0.4 is 10.6 Å². The van der Waals surface area contributed by atoms with Crippen LogP contribution in [0.5, 0.6) is 0 Å². The van der Waals surface area contributed by atoms with Crippen molar-refractivity contribution < 1.29 is 4.79 Å². The largest absolute Gasteiger partial charge is 0.355 e. The van der Waals surface area contributed by atoms with E-state index in [2.05, 4.69) is 10.6 Å². The average molecular weight is 314 g/mol. The number of nitrogens with zero attached hydrogens (tertiary/aromatic N) is 1. The van der Waals surface area contributed by atoms with Crippen molar-refractivity contribution in [1.29, 1.82) is 0 Å². The molecule has 0 spiro atoms. The van der Waals surface area contributed by atoms with Crippen molar-refractivity contribution in [1.82, 2.24) is 10.2 Å². The van der Waals surface area contributed by atoms with E-state index in [0.717, 1.165) is 11.3 Å². The maximum absolute atomic E-state index is 11.6. The molecule has 0 radical (unpaired) electrons. The van der Waals surface area contributed by atoms with E-state index in [4.69, 9.17) is 23.8 Å². The highest BCUT2D eigenvalue weighted by atomic mass is 35.5. The highest BCUT2D eigenvalue weighted by Crippen LogP contribution is 2.23. The van der Waals surface area contributed by atoms with Crippen LogP contribution in [0.1, 0.15) is 19.4 Å². The lowest BCUT2D eigenvalue weighted by Gasteiger charge is -2.24. The van der Waals surface area contributed by atoms with Gasteiger partial charge in [0.2, 0.25) is 5.91 Å². The lowest BCUT2D eigenvalue weighted by molar-refractivity contribution is -0.121. The van der Waals surface area contributed by atoms with Gasteiger partial charge in [-0.2, -0.15) is 0 Å². The van der Waals surface area contributed by atoms with Crippen LogP contribution in [0.4, 0.5) is 5.69 Å². The quantitative estimate of drug-likeness (QED) is 0.821. The van der Waals surface area contributed by atoms with Gasteiger partial charge in [0, 0.05) is 23.8 Å². The summed E-state index contributed by atoms with van der Waals surface area (Å²) in [6, 6.07) is 5.60. The third-order valence-electron chi connectivity index (χ3n) is 2.89. The van der Waals surface area contributed by atoms with Crippen LogP contribution in [0.3, 0.4) is 0 Å². The number of carbonyl (C=O) groups excluding carboxylic acids is 1. The summed E-state index contributed by atoms with van der Waals surface area (Å²) in [7, 11) is 0. The molecular formula is C14H20ClN3OS. The molecule has 1 aromatic rings. The molecule has 4 nitrogen and oxygen atoms in total. The first-order chi connectivity index (χ1) is 9.49. The third kappa shape index (κ3) is 4.65. The second-order valence-electron chi connectivity index (χ2n) is 4.31. The van der Waals surface area contributed by atoms with E-state index in [0.29, 0.717) is 23.2 Å². The highest BCUT2D eigenvalue weighted by molar-refractivity contribution is 7.80. The fourth-order valence-electron chi connectivity index (χ4n) is 1.69. The van der Waals surface area contributed by atoms with Crippen molar-refractivity contribution in [2.24, 2.45) is 0 Å². The zero-order chi connectivity index (χ0) is 15.1. The molecular weight excluding hydrogens is 294 g/mol. The smallest absolute Gasteiger partial charge is 0.239 e. The molecule has 6 heteroatoms. The number of halogens is 1. The van der Waals surface area contributed by atoms with Gasteiger partial charge in [-0.1, -0.05) is 17.7 Å². The van der Waals surface area contributed by atoms with Crippen LogP contribution in [-0.2, 0) is 4.79 Å². The van der Waals surface area contributed by atoms with E-state index in [1.165, 1.54) is 0 Å². The fraction of sp³-hybridized carbons (Fsp3) is 0.429. The number of nitrogens with one attached hydrogen (secondary N) is 2. The molecule has 0 fully saturated rings. The number of carbonyl (C=O) groups is 1. The Bertz CT molecular complexity index is 493. The Morgan fingerprint density at radius 3 is 2.70 bits per heavy atom. The molecule has 0 aromatic heterocycles. The predicted molar refractivity (Wildman–Crippen MR) is 88.3 cm³/mol. The van der Waals surface area contributed by atoms with E-state index in [-0.39, 0.29) is 12.5 Å². The Labute approximate surface area is 130 Å². The van der Waals surface area contributed by atoms with Crippen LogP contribution in [0.25, 0.3) is 0 Å². The van der Waals surface area contributed by atoms with E-state index in [1.54, 1.807) is 4.90 Å². The van der Waals surface area contributed by atoms with Crippen molar-refractivity contribution in [3.8, 4) is 0 Å². The van der Waals surface area contributed by atoms with Gasteiger partial charge in [-0.05, 0) is 50.7 Å². The first-order valence-corrected chi connectivity index (χ1v) is 7.35. The van der Waals surface area contributed by atoms with Gasteiger partial charge < -0.3 is 15.5 Å². The summed E-state index contributed by atoms with van der Waals surface area (Å²) in [5, 5.41) is 7.11. The van der Waals surface area contributed by atoms with Gasteiger partial charge in [0.05, 0.1) is 6.54 Å². The molecule has 2 N–H and O–H groups in total. The van der Waals surface area contributed by atoms with Crippen LogP contribution in [0.2, 0.25) is 5.02 Å². The highest BCUT2D eigenvalue weighted by Gasteiger charge is 2.13. The van der Waals surface area contributed by atoms with E-state index >= 15 is 0 Å². The number of hydrogen-bond donors (Lipinski definition) is 2. The lowest BCUT2D eigenvalue weighted by Crippen LogP contribution is -2.42. The Hall–Kier alpha value is -1.33. The summed E-state index contributed by atoms with van der Waals surface area (Å²) in [6.07, 6.45) is 0. The van der Waals surface area contributed by atoms with Crippen molar-refractivity contribution >= 4 is 40.5 Å². The Kier molecular flexibility index (Phi) is 6.75. The van der Waals surface area contributed by atoms with Crippen molar-refractivity contribution in [2.75, 3.05) is 25.0 Å². The minimum atomic E-state index is -0.0404. The number of thiocarbonyl (C=S) groups is 1. The summed E-state index contributed by atoms with van der Waals surface area (Å²) in [5.74, 6) is -0.0404. The Morgan fingerprint density at radius 1 is 1.40 bits per heavy atom. The van der Waals surface area contributed by atoms with Gasteiger partial charge in [0.15, 0.2) is 5.11 Å². The van der Waals surface area contributed by atoms with Crippen LogP contribution in [0, 0.1) is 6.92 Å². The molecule has 0 unspecified atom stereocenters. The summed E-state index contributed by atoms with van der Waals surface area (Å²) in [6.45, 7) is 7.29. The minimum absolute atomic E-state index is 0.0404. The second-order valence-corrected chi connectivity index (χ2v) is 5.10. The first kappa shape index (κ1) is 16.7. The molecule has 0 saturated carbocycles. The zero-order valence-electron chi connectivity index (χ0n) is 12.0. The molecule has 1 amide bonds. The summed E-state index contributed by atoms with van der Waals surface area (Å²) in [4.78, 5) is 13.4. The maximum atomic E-state index is 11.6. The van der Waals surface area contributed by atoms with Gasteiger partial charge >= 0.3 is 0 Å². The SMILES string of the molecule is CCNC(=O)CN(CC)C(=S)Nc1cccc(Cl)c1C. The van der Waals surface area contributed by atoms with Gasteiger partial charge in [-0.3, -0.25) is 4.79 Å². The fourth-order valence-corrected chi connectivity index (χ4v) is 2.17. The van der Waals surface area contributed by atoms with Gasteiger partial charge in [-0.25, -0.2) is 0 Å². The van der Waals surface area contributed by atoms with Crippen molar-refractivity contribution in [3.05, 3.63) is 28.8 Å².